The Labute approximate surface area is 188 Å². The van der Waals surface area contributed by atoms with E-state index in [1.807, 2.05) is 6.07 Å². The van der Waals surface area contributed by atoms with Crippen molar-refractivity contribution in [1.82, 2.24) is 35.5 Å². The largest absolute Gasteiger partial charge is 0.349 e. The molecule has 2 N–H and O–H groups in total. The maximum absolute atomic E-state index is 12.4. The molecule has 3 heterocycles. The molecule has 2 amide bonds. The molecule has 0 aromatic carbocycles. The van der Waals surface area contributed by atoms with Crippen LogP contribution in [0, 0.1) is 12.8 Å². The standard InChI is InChI=1S/C21H25F2N7O3/c1-11(25-21(32)19-12(2)28-33-29-19)15-10-30-17(26-15)8-14(9-24-30)20(13-6-7-13)27-18(31)5-3-4-16(22)23/h8-11,13,16,20H,3-7H2,1-2H3,(H,25,32)(H,27,31)/t11-,20+/m0/s1. The molecule has 1 aliphatic carbocycles. The molecule has 4 rings (SSSR count). The summed E-state index contributed by atoms with van der Waals surface area (Å²) < 4.78 is 30.8. The van der Waals surface area contributed by atoms with Crippen LogP contribution in [-0.4, -0.2) is 43.2 Å². The van der Waals surface area contributed by atoms with E-state index in [9.17, 15) is 18.4 Å². The van der Waals surface area contributed by atoms with E-state index in [0.29, 0.717) is 23.0 Å². The highest BCUT2D eigenvalue weighted by Gasteiger charge is 2.34. The van der Waals surface area contributed by atoms with Gasteiger partial charge in [-0.15, -0.1) is 0 Å². The van der Waals surface area contributed by atoms with Crippen molar-refractivity contribution in [1.29, 1.82) is 0 Å². The molecule has 0 radical (unpaired) electrons. The lowest BCUT2D eigenvalue weighted by molar-refractivity contribution is -0.122. The molecule has 1 saturated carbocycles. The zero-order chi connectivity index (χ0) is 23.5. The van der Waals surface area contributed by atoms with Crippen molar-refractivity contribution in [2.24, 2.45) is 5.92 Å². The Balaban J connectivity index is 1.45. The number of fused-ring (bicyclic) bond motifs is 1. The number of hydrogen-bond acceptors (Lipinski definition) is 7. The van der Waals surface area contributed by atoms with E-state index >= 15 is 0 Å². The number of nitrogens with zero attached hydrogens (tertiary/aromatic N) is 5. The molecule has 0 spiro atoms. The van der Waals surface area contributed by atoms with Crippen LogP contribution in [0.1, 0.15) is 78.6 Å². The van der Waals surface area contributed by atoms with Crippen LogP contribution in [0.3, 0.4) is 0 Å². The number of rotatable bonds is 10. The minimum atomic E-state index is -2.40. The smallest absolute Gasteiger partial charge is 0.276 e. The molecule has 10 nitrogen and oxygen atoms in total. The van der Waals surface area contributed by atoms with Gasteiger partial charge in [0.05, 0.1) is 30.2 Å². The molecule has 12 heteroatoms. The van der Waals surface area contributed by atoms with Gasteiger partial charge in [-0.25, -0.2) is 22.9 Å². The molecule has 33 heavy (non-hydrogen) atoms. The third-order valence-corrected chi connectivity index (χ3v) is 5.61. The molecule has 0 bridgehead atoms. The molecule has 2 atom stereocenters. The third kappa shape index (κ3) is 5.49. The maximum Gasteiger partial charge on any atom is 0.276 e. The quantitative estimate of drug-likeness (QED) is 0.475. The van der Waals surface area contributed by atoms with E-state index < -0.39 is 18.4 Å². The number of imidazole rings is 1. The zero-order valence-corrected chi connectivity index (χ0v) is 18.3. The van der Waals surface area contributed by atoms with Crippen molar-refractivity contribution in [3.05, 3.63) is 41.1 Å². The number of halogens is 2. The molecule has 1 fully saturated rings. The van der Waals surface area contributed by atoms with E-state index in [-0.39, 0.29) is 36.9 Å². The fourth-order valence-electron chi connectivity index (χ4n) is 3.63. The van der Waals surface area contributed by atoms with Crippen LogP contribution >= 0.6 is 0 Å². The second-order valence-corrected chi connectivity index (χ2v) is 8.32. The lowest BCUT2D eigenvalue weighted by Gasteiger charge is -2.18. The predicted molar refractivity (Wildman–Crippen MR) is 111 cm³/mol. The summed E-state index contributed by atoms with van der Waals surface area (Å²) in [5.41, 5.74) is 2.48. The van der Waals surface area contributed by atoms with Crippen LogP contribution in [0.4, 0.5) is 8.78 Å². The Morgan fingerprint density at radius 2 is 2.06 bits per heavy atom. The number of carbonyl (C=O) groups excluding carboxylic acids is 2. The lowest BCUT2D eigenvalue weighted by Crippen LogP contribution is -2.30. The summed E-state index contributed by atoms with van der Waals surface area (Å²) in [5.74, 6) is -0.374. The molecular formula is C21H25F2N7O3. The summed E-state index contributed by atoms with van der Waals surface area (Å²) in [4.78, 5) is 29.2. The number of aromatic nitrogens is 5. The highest BCUT2D eigenvalue weighted by molar-refractivity contribution is 5.93. The van der Waals surface area contributed by atoms with Gasteiger partial charge in [-0.3, -0.25) is 9.59 Å². The van der Waals surface area contributed by atoms with Crippen molar-refractivity contribution < 1.29 is 23.0 Å². The first-order valence-corrected chi connectivity index (χ1v) is 10.8. The van der Waals surface area contributed by atoms with E-state index in [2.05, 4.69) is 35.7 Å². The minimum absolute atomic E-state index is 0.0640. The van der Waals surface area contributed by atoms with Gasteiger partial charge in [-0.1, -0.05) is 5.16 Å². The van der Waals surface area contributed by atoms with Crippen LogP contribution in [0.25, 0.3) is 5.65 Å². The van der Waals surface area contributed by atoms with Gasteiger partial charge in [0.25, 0.3) is 5.91 Å². The van der Waals surface area contributed by atoms with Crippen molar-refractivity contribution in [2.75, 3.05) is 0 Å². The van der Waals surface area contributed by atoms with Gasteiger partial charge in [0.2, 0.25) is 12.3 Å². The minimum Gasteiger partial charge on any atom is -0.349 e. The number of alkyl halides is 2. The Hall–Kier alpha value is -3.44. The van der Waals surface area contributed by atoms with Crippen LogP contribution in [0.15, 0.2) is 23.1 Å². The zero-order valence-electron chi connectivity index (χ0n) is 18.3. The Kier molecular flexibility index (Phi) is 6.61. The fourth-order valence-corrected chi connectivity index (χ4v) is 3.63. The molecule has 3 aromatic rings. The second-order valence-electron chi connectivity index (χ2n) is 8.32. The van der Waals surface area contributed by atoms with Crippen molar-refractivity contribution in [3.63, 3.8) is 0 Å². The van der Waals surface area contributed by atoms with Crippen LogP contribution in [0.5, 0.6) is 0 Å². The van der Waals surface area contributed by atoms with E-state index in [1.54, 1.807) is 30.8 Å². The van der Waals surface area contributed by atoms with E-state index in [0.717, 1.165) is 18.4 Å². The molecule has 0 aliphatic heterocycles. The molecule has 0 saturated heterocycles. The molecule has 3 aromatic heterocycles. The highest BCUT2D eigenvalue weighted by atomic mass is 19.3. The summed E-state index contributed by atoms with van der Waals surface area (Å²) >= 11 is 0. The first-order chi connectivity index (χ1) is 15.8. The SMILES string of the molecule is Cc1nonc1C(=O)N[C@@H](C)c1cn2ncc([C@H](NC(=O)CCCC(F)F)C3CC3)cc2n1. The van der Waals surface area contributed by atoms with Crippen LogP contribution < -0.4 is 10.6 Å². The predicted octanol–water partition coefficient (Wildman–Crippen LogP) is 2.91. The summed E-state index contributed by atoms with van der Waals surface area (Å²) in [6, 6.07) is 1.19. The van der Waals surface area contributed by atoms with Crippen LogP contribution in [0.2, 0.25) is 0 Å². The molecule has 1 aliphatic rings. The first kappa shape index (κ1) is 22.7. The molecular weight excluding hydrogens is 436 g/mol. The van der Waals surface area contributed by atoms with Gasteiger partial charge < -0.3 is 10.6 Å². The van der Waals surface area contributed by atoms with Gasteiger partial charge in [-0.05, 0) is 55.8 Å². The van der Waals surface area contributed by atoms with Gasteiger partial charge in [0, 0.05) is 12.8 Å². The number of carbonyl (C=O) groups is 2. The Morgan fingerprint density at radius 1 is 1.27 bits per heavy atom. The Bertz CT molecular complexity index is 1140. The average Bonchev–Trinajstić information content (AvgIpc) is 3.36. The van der Waals surface area contributed by atoms with E-state index in [1.165, 1.54) is 0 Å². The summed E-state index contributed by atoms with van der Waals surface area (Å²) in [6.45, 7) is 3.41. The first-order valence-electron chi connectivity index (χ1n) is 10.8. The van der Waals surface area contributed by atoms with Gasteiger partial charge in [0.15, 0.2) is 11.3 Å². The van der Waals surface area contributed by atoms with Crippen LogP contribution in [-0.2, 0) is 4.79 Å². The third-order valence-electron chi connectivity index (χ3n) is 5.61. The number of aryl methyl sites for hydroxylation is 1. The van der Waals surface area contributed by atoms with Gasteiger partial charge in [-0.2, -0.15) is 5.10 Å². The Morgan fingerprint density at radius 3 is 2.73 bits per heavy atom. The average molecular weight is 461 g/mol. The monoisotopic (exact) mass is 461 g/mol. The van der Waals surface area contributed by atoms with Crippen molar-refractivity contribution >= 4 is 17.5 Å². The number of nitrogens with one attached hydrogen (secondary N) is 2. The maximum atomic E-state index is 12.4. The number of amides is 2. The fraction of sp³-hybridized carbons (Fsp3) is 0.524. The lowest BCUT2D eigenvalue weighted by atomic mass is 10.0. The summed E-state index contributed by atoms with van der Waals surface area (Å²) in [7, 11) is 0. The number of hydrogen-bond donors (Lipinski definition) is 2. The normalized spacial score (nSPS) is 15.5. The van der Waals surface area contributed by atoms with Gasteiger partial charge >= 0.3 is 0 Å². The van der Waals surface area contributed by atoms with Crippen molar-refractivity contribution in [3.8, 4) is 0 Å². The molecule has 0 unspecified atom stereocenters. The summed E-state index contributed by atoms with van der Waals surface area (Å²) in [6.07, 6.45) is 2.87. The second kappa shape index (κ2) is 9.59. The topological polar surface area (TPSA) is 127 Å². The molecule has 176 valence electrons. The van der Waals surface area contributed by atoms with Crippen molar-refractivity contribution in [2.45, 2.75) is 64.5 Å². The van der Waals surface area contributed by atoms with Gasteiger partial charge in [0.1, 0.15) is 5.69 Å². The summed E-state index contributed by atoms with van der Waals surface area (Å²) in [5, 5.41) is 17.4. The van der Waals surface area contributed by atoms with E-state index in [4.69, 9.17) is 0 Å². The highest BCUT2D eigenvalue weighted by Crippen LogP contribution is 2.41.